The highest BCUT2D eigenvalue weighted by molar-refractivity contribution is 6.05. The van der Waals surface area contributed by atoms with E-state index in [9.17, 15) is 32.3 Å². The molecule has 0 radical (unpaired) electrons. The summed E-state index contributed by atoms with van der Waals surface area (Å²) in [6.07, 6.45) is 2.87. The lowest BCUT2D eigenvalue weighted by Crippen LogP contribution is -2.48. The van der Waals surface area contributed by atoms with E-state index in [0.717, 1.165) is 80.5 Å². The molecule has 2 aromatic carbocycles. The third kappa shape index (κ3) is 6.60. The number of halogens is 3. The monoisotopic (exact) mass is 785 g/mol. The molecule has 0 spiro atoms. The van der Waals surface area contributed by atoms with Gasteiger partial charge in [0.15, 0.2) is 0 Å². The number of hydrogen-bond acceptors (Lipinski definition) is 9. The Balaban J connectivity index is 0.832. The summed E-state index contributed by atoms with van der Waals surface area (Å²) in [6, 6.07) is 12.7. The second-order valence-corrected chi connectivity index (χ2v) is 15.7. The fourth-order valence-electron chi connectivity index (χ4n) is 9.50. The molecule has 5 aromatic rings. The van der Waals surface area contributed by atoms with Gasteiger partial charge >= 0.3 is 11.9 Å². The molecule has 4 aliphatic rings. The highest BCUT2D eigenvalue weighted by Crippen LogP contribution is 2.41. The molecular formula is C40H42F3N9O5. The number of anilines is 2. The second-order valence-electron chi connectivity index (χ2n) is 15.7. The SMILES string of the molecule is COc1cc2nn(C3CCC(CN4C[C@@H]5C[C@H]4CN5c4cccc5c4n(C)c(=O)n5C4CCC(=O)NC4=O)CC3)cc2cc1NC(=O)c1cccc(C(F)(F)F)n1. The maximum atomic E-state index is 13.5. The first-order valence-corrected chi connectivity index (χ1v) is 19.3. The van der Waals surface area contributed by atoms with Crippen LogP contribution in [0.4, 0.5) is 24.5 Å². The first-order valence-electron chi connectivity index (χ1n) is 19.3. The number of amides is 3. The van der Waals surface area contributed by atoms with Crippen LogP contribution in [-0.2, 0) is 22.8 Å². The van der Waals surface area contributed by atoms with Gasteiger partial charge in [0.1, 0.15) is 23.2 Å². The lowest BCUT2D eigenvalue weighted by Gasteiger charge is -2.39. The second kappa shape index (κ2) is 14.0. The number of ether oxygens (including phenoxy) is 1. The highest BCUT2D eigenvalue weighted by atomic mass is 19.4. The van der Waals surface area contributed by atoms with Crippen molar-refractivity contribution in [2.45, 2.75) is 75.3 Å². The fourth-order valence-corrected chi connectivity index (χ4v) is 9.50. The van der Waals surface area contributed by atoms with Crippen LogP contribution in [0.3, 0.4) is 0 Å². The molecule has 3 amide bonds. The molecular weight excluding hydrogens is 743 g/mol. The van der Waals surface area contributed by atoms with Crippen LogP contribution >= 0.6 is 0 Å². The largest absolute Gasteiger partial charge is 0.494 e. The predicted molar refractivity (Wildman–Crippen MR) is 204 cm³/mol. The summed E-state index contributed by atoms with van der Waals surface area (Å²) in [4.78, 5) is 59.5. The van der Waals surface area contributed by atoms with E-state index in [1.807, 2.05) is 23.0 Å². The van der Waals surface area contributed by atoms with Crippen LogP contribution in [0.2, 0.25) is 0 Å². The van der Waals surface area contributed by atoms with Gasteiger partial charge in [0.05, 0.1) is 41.1 Å². The van der Waals surface area contributed by atoms with Gasteiger partial charge in [-0.05, 0) is 74.8 Å². The van der Waals surface area contributed by atoms with E-state index < -0.39 is 29.7 Å². The lowest BCUT2D eigenvalue weighted by molar-refractivity contribution is -0.141. The molecule has 2 N–H and O–H groups in total. The Bertz CT molecular complexity index is 2480. The summed E-state index contributed by atoms with van der Waals surface area (Å²) >= 11 is 0. The highest BCUT2D eigenvalue weighted by Gasteiger charge is 2.45. The van der Waals surface area contributed by atoms with Crippen molar-refractivity contribution in [2.24, 2.45) is 13.0 Å². The number of aryl methyl sites for hydroxylation is 1. The number of likely N-dealkylation sites (tertiary alicyclic amines) is 1. The number of piperidine rings is 1. The molecule has 3 aliphatic heterocycles. The first-order chi connectivity index (χ1) is 27.4. The third-order valence-corrected chi connectivity index (χ3v) is 12.3. The molecule has 1 aliphatic carbocycles. The molecule has 1 unspecified atom stereocenters. The van der Waals surface area contributed by atoms with Crippen LogP contribution < -0.4 is 26.0 Å². The minimum absolute atomic E-state index is 0.197. The van der Waals surface area contributed by atoms with Gasteiger partial charge in [-0.15, -0.1) is 0 Å². The minimum atomic E-state index is -4.67. The van der Waals surface area contributed by atoms with Crippen molar-refractivity contribution in [3.8, 4) is 5.75 Å². The van der Waals surface area contributed by atoms with E-state index in [0.29, 0.717) is 46.9 Å². The first kappa shape index (κ1) is 36.9. The summed E-state index contributed by atoms with van der Waals surface area (Å²) in [5.41, 5.74) is 1.74. The number of pyridine rings is 1. The zero-order chi connectivity index (χ0) is 39.7. The number of nitrogens with zero attached hydrogens (tertiary/aromatic N) is 7. The standard InChI is InChI=1S/C40H42F3N9O5/c1-48-36-30(6-4-7-31(36)52(39(48)56)32-13-14-35(53)46-38(32)55)50-21-25-16-26(50)20-49(25)18-22-9-11-24(12-10-22)51-19-23-15-29(33(57-2)17-28(23)47-51)45-37(54)27-5-3-8-34(44-27)40(41,42)43/h3-8,15,17,19,22,24-26,32H,9-14,16,18,20-21H2,1-2H3,(H,45,54)(H,46,53,55)/t22?,24?,25-,26-,32?/m0/s1. The number of fused-ring (bicyclic) bond motifs is 4. The number of para-hydroxylation sites is 1. The maximum absolute atomic E-state index is 13.5. The number of imide groups is 1. The number of alkyl halides is 3. The zero-order valence-electron chi connectivity index (χ0n) is 31.5. The molecule has 3 aromatic heterocycles. The molecule has 3 saturated heterocycles. The lowest BCUT2D eigenvalue weighted by atomic mass is 9.85. The van der Waals surface area contributed by atoms with Crippen LogP contribution in [0.15, 0.2) is 59.5 Å². The van der Waals surface area contributed by atoms with E-state index in [1.54, 1.807) is 28.3 Å². The van der Waals surface area contributed by atoms with E-state index in [1.165, 1.54) is 13.2 Å². The van der Waals surface area contributed by atoms with Crippen LogP contribution in [-0.4, -0.2) is 85.3 Å². The quantitative estimate of drug-likeness (QED) is 0.207. The number of nitrogens with one attached hydrogen (secondary N) is 2. The number of hydrogen-bond donors (Lipinski definition) is 2. The van der Waals surface area contributed by atoms with Crippen molar-refractivity contribution >= 4 is 51.0 Å². The molecule has 2 bridgehead atoms. The van der Waals surface area contributed by atoms with Gasteiger partial charge in [0, 0.05) is 62.8 Å². The van der Waals surface area contributed by atoms with Crippen molar-refractivity contribution in [1.82, 2.24) is 34.1 Å². The van der Waals surface area contributed by atoms with Crippen LogP contribution in [0.5, 0.6) is 5.75 Å². The molecule has 4 fully saturated rings. The van der Waals surface area contributed by atoms with Crippen molar-refractivity contribution in [3.63, 3.8) is 0 Å². The predicted octanol–water partition coefficient (Wildman–Crippen LogP) is 5.04. The molecule has 57 heavy (non-hydrogen) atoms. The maximum Gasteiger partial charge on any atom is 0.433 e. The van der Waals surface area contributed by atoms with Crippen molar-refractivity contribution in [2.75, 3.05) is 37.0 Å². The Morgan fingerprint density at radius 2 is 1.77 bits per heavy atom. The smallest absolute Gasteiger partial charge is 0.433 e. The summed E-state index contributed by atoms with van der Waals surface area (Å²) in [6.45, 7) is 2.83. The average molecular weight is 786 g/mol. The molecule has 9 rings (SSSR count). The van der Waals surface area contributed by atoms with Crippen molar-refractivity contribution < 1.29 is 32.3 Å². The number of methoxy groups -OCH3 is 1. The molecule has 1 saturated carbocycles. The normalized spacial score (nSPS) is 24.1. The van der Waals surface area contributed by atoms with Crippen LogP contribution in [0.1, 0.15) is 73.2 Å². The number of imidazole rings is 1. The molecule has 17 heteroatoms. The Kier molecular flexibility index (Phi) is 9.09. The van der Waals surface area contributed by atoms with E-state index >= 15 is 0 Å². The van der Waals surface area contributed by atoms with Gasteiger partial charge in [0.25, 0.3) is 5.91 Å². The summed E-state index contributed by atoms with van der Waals surface area (Å²) in [5.74, 6) is -0.648. The van der Waals surface area contributed by atoms with Gasteiger partial charge in [-0.3, -0.25) is 38.4 Å². The van der Waals surface area contributed by atoms with Crippen LogP contribution in [0.25, 0.3) is 21.9 Å². The van der Waals surface area contributed by atoms with E-state index in [4.69, 9.17) is 9.84 Å². The molecule has 3 atom stereocenters. The summed E-state index contributed by atoms with van der Waals surface area (Å²) < 4.78 is 50.2. The number of piperazine rings is 1. The average Bonchev–Trinajstić information content (AvgIpc) is 3.97. The number of carbonyl (C=O) groups excluding carboxylic acids is 3. The topological polar surface area (TPSA) is 149 Å². The zero-order valence-corrected chi connectivity index (χ0v) is 31.5. The molecule has 6 heterocycles. The van der Waals surface area contributed by atoms with Crippen LogP contribution in [0, 0.1) is 5.92 Å². The van der Waals surface area contributed by atoms with E-state index in [-0.39, 0.29) is 29.8 Å². The van der Waals surface area contributed by atoms with Gasteiger partial charge in [-0.1, -0.05) is 12.1 Å². The van der Waals surface area contributed by atoms with Crippen molar-refractivity contribution in [1.29, 1.82) is 0 Å². The number of benzene rings is 2. The summed E-state index contributed by atoms with van der Waals surface area (Å²) in [5, 5.41) is 10.7. The Morgan fingerprint density at radius 3 is 2.49 bits per heavy atom. The Morgan fingerprint density at radius 1 is 0.982 bits per heavy atom. The van der Waals surface area contributed by atoms with Crippen molar-refractivity contribution in [3.05, 3.63) is 76.6 Å². The number of carbonyl (C=O) groups is 3. The van der Waals surface area contributed by atoms with Gasteiger partial charge < -0.3 is 15.0 Å². The molecule has 14 nitrogen and oxygen atoms in total. The minimum Gasteiger partial charge on any atom is -0.494 e. The molecule has 298 valence electrons. The van der Waals surface area contributed by atoms with Gasteiger partial charge in [0.2, 0.25) is 11.8 Å². The summed E-state index contributed by atoms with van der Waals surface area (Å²) in [7, 11) is 3.20. The number of aromatic nitrogens is 5. The van der Waals surface area contributed by atoms with E-state index in [2.05, 4.69) is 31.5 Å². The van der Waals surface area contributed by atoms with Gasteiger partial charge in [-0.25, -0.2) is 9.78 Å². The Hall–Kier alpha value is -5.71. The van der Waals surface area contributed by atoms with Gasteiger partial charge in [-0.2, -0.15) is 18.3 Å². The third-order valence-electron chi connectivity index (χ3n) is 12.3. The number of rotatable bonds is 8. The Labute approximate surface area is 324 Å². The fraction of sp³-hybridized carbons (Fsp3) is 0.450.